The first-order chi connectivity index (χ1) is 17.1. The topological polar surface area (TPSA) is 9.23 Å². The highest BCUT2D eigenvalue weighted by Crippen LogP contribution is 2.43. The normalized spacial score (nSPS) is 31.9. The first-order valence-corrected chi connectivity index (χ1v) is 15.5. The van der Waals surface area contributed by atoms with Crippen molar-refractivity contribution in [2.24, 2.45) is 29.6 Å². The molecule has 0 bridgehead atoms. The van der Waals surface area contributed by atoms with Gasteiger partial charge in [-0.15, -0.1) is 0 Å². The molecule has 0 saturated heterocycles. The highest BCUT2D eigenvalue weighted by atomic mass is 19.1. The fourth-order valence-corrected chi connectivity index (χ4v) is 7.57. The molecule has 1 aromatic rings. The zero-order valence-corrected chi connectivity index (χ0v) is 22.9. The Morgan fingerprint density at radius 3 is 1.89 bits per heavy atom. The average Bonchev–Trinajstić information content (AvgIpc) is 2.89. The van der Waals surface area contributed by atoms with Crippen LogP contribution in [-0.2, 0) is 0 Å². The summed E-state index contributed by atoms with van der Waals surface area (Å²) in [5.41, 5.74) is 1.18. The van der Waals surface area contributed by atoms with Gasteiger partial charge in [0.2, 0.25) is 0 Å². The van der Waals surface area contributed by atoms with E-state index in [1.54, 1.807) is 6.07 Å². The van der Waals surface area contributed by atoms with Crippen LogP contribution in [0.3, 0.4) is 0 Å². The molecule has 3 aliphatic rings. The van der Waals surface area contributed by atoms with Crippen LogP contribution in [0.25, 0.3) is 0 Å². The van der Waals surface area contributed by atoms with Crippen LogP contribution in [-0.4, -0.2) is 6.61 Å². The molecule has 4 rings (SSSR count). The zero-order chi connectivity index (χ0) is 24.5. The Morgan fingerprint density at radius 1 is 0.743 bits per heavy atom. The molecule has 0 N–H and O–H groups in total. The number of benzene rings is 1. The Hall–Kier alpha value is -1.05. The van der Waals surface area contributed by atoms with E-state index in [1.165, 1.54) is 108 Å². The maximum absolute atomic E-state index is 14.5. The van der Waals surface area contributed by atoms with Gasteiger partial charge in [0.15, 0.2) is 11.6 Å². The minimum absolute atomic E-state index is 0.178. The van der Waals surface area contributed by atoms with Gasteiger partial charge in [0.25, 0.3) is 0 Å². The fraction of sp³-hybridized carbons (Fsp3) is 0.818. The number of hydrogen-bond donors (Lipinski definition) is 0. The van der Waals surface area contributed by atoms with Crippen molar-refractivity contribution < 1.29 is 9.13 Å². The lowest BCUT2D eigenvalue weighted by Gasteiger charge is -2.37. The highest BCUT2D eigenvalue weighted by Gasteiger charge is 2.30. The summed E-state index contributed by atoms with van der Waals surface area (Å²) in [5.74, 6) is 5.82. The molecule has 3 saturated carbocycles. The molecule has 198 valence electrons. The maximum Gasteiger partial charge on any atom is 0.165 e. The van der Waals surface area contributed by atoms with Crippen molar-refractivity contribution in [1.82, 2.24) is 0 Å². The number of unbranched alkanes of at least 4 members (excludes halogenated alkanes) is 2. The van der Waals surface area contributed by atoms with E-state index in [4.69, 9.17) is 4.74 Å². The van der Waals surface area contributed by atoms with E-state index in [-0.39, 0.29) is 5.82 Å². The molecular weight excluding hydrogens is 431 g/mol. The van der Waals surface area contributed by atoms with E-state index in [0.29, 0.717) is 18.3 Å². The average molecular weight is 485 g/mol. The molecular formula is C33H53FO. The molecule has 1 aromatic carbocycles. The van der Waals surface area contributed by atoms with Gasteiger partial charge in [0, 0.05) is 0 Å². The fourth-order valence-electron chi connectivity index (χ4n) is 7.57. The van der Waals surface area contributed by atoms with E-state index in [9.17, 15) is 4.39 Å². The maximum atomic E-state index is 14.5. The molecule has 0 amide bonds. The Bertz CT molecular complexity index is 721. The van der Waals surface area contributed by atoms with Gasteiger partial charge >= 0.3 is 0 Å². The molecule has 0 heterocycles. The van der Waals surface area contributed by atoms with Gasteiger partial charge in [-0.3, -0.25) is 0 Å². The quantitative estimate of drug-likeness (QED) is 0.284. The predicted molar refractivity (Wildman–Crippen MR) is 147 cm³/mol. The van der Waals surface area contributed by atoms with Crippen molar-refractivity contribution in [2.75, 3.05) is 6.61 Å². The summed E-state index contributed by atoms with van der Waals surface area (Å²) in [6, 6.07) is 5.71. The summed E-state index contributed by atoms with van der Waals surface area (Å²) in [5, 5.41) is 0. The molecule has 3 aliphatic carbocycles. The molecule has 0 unspecified atom stereocenters. The Kier molecular flexibility index (Phi) is 10.8. The zero-order valence-electron chi connectivity index (χ0n) is 22.9. The number of rotatable bonds is 11. The van der Waals surface area contributed by atoms with Crippen LogP contribution >= 0.6 is 0 Å². The summed E-state index contributed by atoms with van der Waals surface area (Å²) in [6.45, 7) is 5.19. The van der Waals surface area contributed by atoms with Crippen LogP contribution in [0.5, 0.6) is 5.75 Å². The number of ether oxygens (including phenoxy) is 1. The van der Waals surface area contributed by atoms with E-state index in [2.05, 4.69) is 19.9 Å². The second-order valence-corrected chi connectivity index (χ2v) is 12.7. The van der Waals surface area contributed by atoms with Gasteiger partial charge in [-0.25, -0.2) is 4.39 Å². The molecule has 0 aromatic heterocycles. The van der Waals surface area contributed by atoms with Crippen LogP contribution in [0, 0.1) is 35.4 Å². The van der Waals surface area contributed by atoms with Crippen molar-refractivity contribution in [3.8, 4) is 5.75 Å². The minimum atomic E-state index is -0.178. The summed E-state index contributed by atoms with van der Waals surface area (Å²) in [6.07, 6.45) is 25.0. The Labute approximate surface area is 216 Å². The number of halogens is 1. The van der Waals surface area contributed by atoms with Crippen LogP contribution in [0.1, 0.15) is 141 Å². The predicted octanol–water partition coefficient (Wildman–Crippen LogP) is 10.5. The lowest BCUT2D eigenvalue weighted by Crippen LogP contribution is -2.25. The third-order valence-electron chi connectivity index (χ3n) is 10.1. The highest BCUT2D eigenvalue weighted by molar-refractivity contribution is 5.31. The Balaban J connectivity index is 1.07. The molecule has 35 heavy (non-hydrogen) atoms. The third-order valence-corrected chi connectivity index (χ3v) is 10.1. The van der Waals surface area contributed by atoms with Crippen molar-refractivity contribution in [3.63, 3.8) is 0 Å². The minimum Gasteiger partial charge on any atom is -0.491 e. The smallest absolute Gasteiger partial charge is 0.165 e. The molecule has 1 nitrogen and oxygen atoms in total. The van der Waals surface area contributed by atoms with Gasteiger partial charge < -0.3 is 4.74 Å². The lowest BCUT2D eigenvalue weighted by atomic mass is 9.69. The molecule has 0 radical (unpaired) electrons. The number of hydrogen-bond acceptors (Lipinski definition) is 1. The molecule has 0 spiro atoms. The van der Waals surface area contributed by atoms with Gasteiger partial charge in [0.1, 0.15) is 0 Å². The van der Waals surface area contributed by atoms with Crippen molar-refractivity contribution in [2.45, 2.75) is 135 Å². The second-order valence-electron chi connectivity index (χ2n) is 12.7. The largest absolute Gasteiger partial charge is 0.491 e. The summed E-state index contributed by atoms with van der Waals surface area (Å²) >= 11 is 0. The molecule has 0 aliphatic heterocycles. The monoisotopic (exact) mass is 484 g/mol. The first kappa shape index (κ1) is 27.0. The molecule has 2 heteroatoms. The SMILES string of the molecule is CCCCOc1ccc(C2CCC(CCCCC3CCC(C4CCC(C)CC4)CC3)CC2)cc1F. The van der Waals surface area contributed by atoms with Crippen molar-refractivity contribution in [3.05, 3.63) is 29.6 Å². The van der Waals surface area contributed by atoms with Crippen LogP contribution in [0.2, 0.25) is 0 Å². The van der Waals surface area contributed by atoms with Crippen LogP contribution in [0.15, 0.2) is 18.2 Å². The van der Waals surface area contributed by atoms with Crippen molar-refractivity contribution in [1.29, 1.82) is 0 Å². The third kappa shape index (κ3) is 8.22. The van der Waals surface area contributed by atoms with E-state index in [1.807, 2.05) is 6.07 Å². The van der Waals surface area contributed by atoms with Gasteiger partial charge in [-0.1, -0.05) is 77.7 Å². The van der Waals surface area contributed by atoms with Crippen LogP contribution in [0.4, 0.5) is 4.39 Å². The summed E-state index contributed by atoms with van der Waals surface area (Å²) in [4.78, 5) is 0. The van der Waals surface area contributed by atoms with Gasteiger partial charge in [-0.2, -0.15) is 0 Å². The molecule has 0 atom stereocenters. The first-order valence-electron chi connectivity index (χ1n) is 15.5. The van der Waals surface area contributed by atoms with Gasteiger partial charge in [0.05, 0.1) is 6.61 Å². The van der Waals surface area contributed by atoms with E-state index in [0.717, 1.165) is 42.4 Å². The Morgan fingerprint density at radius 2 is 1.31 bits per heavy atom. The molecule has 3 fully saturated rings. The van der Waals surface area contributed by atoms with E-state index < -0.39 is 0 Å². The summed E-state index contributed by atoms with van der Waals surface area (Å²) in [7, 11) is 0. The van der Waals surface area contributed by atoms with E-state index >= 15 is 0 Å². The summed E-state index contributed by atoms with van der Waals surface area (Å²) < 4.78 is 20.1. The van der Waals surface area contributed by atoms with Gasteiger partial charge in [-0.05, 0) is 111 Å². The lowest BCUT2D eigenvalue weighted by molar-refractivity contribution is 0.146. The standard InChI is InChI=1S/C33H53FO/c1-3-4-23-35-33-22-21-31(24-32(33)34)30-19-13-27(14-20-30)8-6-5-7-26-11-17-29(18-12-26)28-15-9-25(2)10-16-28/h21-22,24-30H,3-20,23H2,1-2H3. The van der Waals surface area contributed by atoms with Crippen molar-refractivity contribution >= 4 is 0 Å². The van der Waals surface area contributed by atoms with Crippen LogP contribution < -0.4 is 4.74 Å². The second kappa shape index (κ2) is 14.0.